The molecule has 0 saturated carbocycles. The van der Waals surface area contributed by atoms with Crippen molar-refractivity contribution in [3.05, 3.63) is 34.9 Å². The third-order valence-corrected chi connectivity index (χ3v) is 5.15. The molecule has 2 heteroatoms. The van der Waals surface area contributed by atoms with Crippen LogP contribution in [0.4, 0.5) is 0 Å². The lowest BCUT2D eigenvalue weighted by molar-refractivity contribution is 0.121. The van der Waals surface area contributed by atoms with E-state index in [0.717, 1.165) is 5.92 Å². The number of fused-ring (bicyclic) bond motifs is 1. The van der Waals surface area contributed by atoms with Crippen LogP contribution in [0.2, 0.25) is 0 Å². The van der Waals surface area contributed by atoms with Crippen LogP contribution < -0.4 is 5.32 Å². The van der Waals surface area contributed by atoms with Gasteiger partial charge in [0.1, 0.15) is 0 Å². The molecule has 2 aliphatic rings. The first-order chi connectivity index (χ1) is 10.1. The second kappa shape index (κ2) is 6.50. The third kappa shape index (κ3) is 3.49. The van der Waals surface area contributed by atoms with E-state index in [9.17, 15) is 0 Å². The Kier molecular flexibility index (Phi) is 4.66. The van der Waals surface area contributed by atoms with Crippen molar-refractivity contribution < 1.29 is 0 Å². The van der Waals surface area contributed by atoms with Crippen molar-refractivity contribution in [2.75, 3.05) is 19.6 Å². The minimum absolute atomic E-state index is 0.607. The first kappa shape index (κ1) is 15.1. The largest absolute Gasteiger partial charge is 0.314 e. The van der Waals surface area contributed by atoms with E-state index in [1.165, 1.54) is 50.9 Å². The summed E-state index contributed by atoms with van der Waals surface area (Å²) in [5.41, 5.74) is 4.62. The summed E-state index contributed by atoms with van der Waals surface area (Å²) in [5.74, 6) is 0.829. The molecule has 116 valence electrons. The van der Waals surface area contributed by atoms with Crippen LogP contribution in [0, 0.1) is 12.8 Å². The third-order valence-electron chi connectivity index (χ3n) is 5.15. The summed E-state index contributed by atoms with van der Waals surface area (Å²) in [7, 11) is 0. The molecule has 1 saturated heterocycles. The Hall–Kier alpha value is -0.860. The summed E-state index contributed by atoms with van der Waals surface area (Å²) >= 11 is 0. The van der Waals surface area contributed by atoms with Gasteiger partial charge in [-0.25, -0.2) is 0 Å². The van der Waals surface area contributed by atoms with Gasteiger partial charge in [-0.2, -0.15) is 0 Å². The van der Waals surface area contributed by atoms with Crippen molar-refractivity contribution in [3.63, 3.8) is 0 Å². The lowest BCUT2D eigenvalue weighted by Crippen LogP contribution is -2.42. The highest BCUT2D eigenvalue weighted by Crippen LogP contribution is 2.38. The fourth-order valence-corrected chi connectivity index (χ4v) is 4.03. The van der Waals surface area contributed by atoms with Gasteiger partial charge in [-0.3, -0.25) is 4.90 Å². The molecule has 1 aromatic rings. The molecule has 2 atom stereocenters. The summed E-state index contributed by atoms with van der Waals surface area (Å²) in [5, 5.41) is 3.63. The maximum Gasteiger partial charge on any atom is 0.0354 e. The minimum Gasteiger partial charge on any atom is -0.314 e. The van der Waals surface area contributed by atoms with Crippen molar-refractivity contribution in [2.24, 2.45) is 5.92 Å². The van der Waals surface area contributed by atoms with Crippen molar-refractivity contribution in [2.45, 2.75) is 58.5 Å². The quantitative estimate of drug-likeness (QED) is 0.908. The van der Waals surface area contributed by atoms with Crippen LogP contribution in [-0.4, -0.2) is 30.6 Å². The van der Waals surface area contributed by atoms with E-state index in [-0.39, 0.29) is 0 Å². The van der Waals surface area contributed by atoms with Gasteiger partial charge in [-0.1, -0.05) is 37.6 Å². The van der Waals surface area contributed by atoms with Crippen molar-refractivity contribution in [3.8, 4) is 0 Å². The van der Waals surface area contributed by atoms with E-state index < -0.39 is 0 Å². The number of likely N-dealkylation sites (tertiary alicyclic amines) is 1. The normalized spacial score (nSPS) is 26.3. The predicted molar refractivity (Wildman–Crippen MR) is 89.7 cm³/mol. The zero-order valence-corrected chi connectivity index (χ0v) is 13.9. The minimum atomic E-state index is 0.607. The zero-order valence-electron chi connectivity index (χ0n) is 13.9. The number of nitrogens with one attached hydrogen (secondary N) is 1. The van der Waals surface area contributed by atoms with E-state index >= 15 is 0 Å². The number of benzene rings is 1. The number of piperidine rings is 1. The molecule has 21 heavy (non-hydrogen) atoms. The SMILES string of the molecule is Cc1ccc2c(c1)C(N1CCCC(CNC(C)C)C1)CC2. The summed E-state index contributed by atoms with van der Waals surface area (Å²) in [6, 6.07) is 8.35. The van der Waals surface area contributed by atoms with Crippen molar-refractivity contribution in [1.82, 2.24) is 10.2 Å². The molecule has 3 rings (SSSR count). The highest BCUT2D eigenvalue weighted by atomic mass is 15.2. The molecule has 1 aromatic carbocycles. The van der Waals surface area contributed by atoms with Gasteiger partial charge >= 0.3 is 0 Å². The van der Waals surface area contributed by atoms with Crippen LogP contribution in [0.1, 0.15) is 55.8 Å². The fourth-order valence-electron chi connectivity index (χ4n) is 4.03. The van der Waals surface area contributed by atoms with E-state index in [0.29, 0.717) is 12.1 Å². The molecule has 1 aliphatic carbocycles. The molecule has 2 unspecified atom stereocenters. The molecule has 1 heterocycles. The van der Waals surface area contributed by atoms with Gasteiger partial charge in [0.25, 0.3) is 0 Å². The van der Waals surface area contributed by atoms with Crippen LogP contribution >= 0.6 is 0 Å². The number of hydrogen-bond donors (Lipinski definition) is 1. The second-order valence-corrected chi connectivity index (χ2v) is 7.32. The Bertz CT molecular complexity index is 480. The molecule has 0 bridgehead atoms. The lowest BCUT2D eigenvalue weighted by atomic mass is 9.94. The van der Waals surface area contributed by atoms with Crippen molar-refractivity contribution in [1.29, 1.82) is 0 Å². The van der Waals surface area contributed by atoms with E-state index in [4.69, 9.17) is 0 Å². The summed E-state index contributed by atoms with van der Waals surface area (Å²) in [6.45, 7) is 10.5. The predicted octanol–water partition coefficient (Wildman–Crippen LogP) is 3.69. The van der Waals surface area contributed by atoms with Crippen LogP contribution in [-0.2, 0) is 6.42 Å². The Balaban J connectivity index is 1.66. The maximum atomic E-state index is 3.63. The molecule has 0 aromatic heterocycles. The Labute approximate surface area is 129 Å². The summed E-state index contributed by atoms with van der Waals surface area (Å²) < 4.78 is 0. The molecule has 2 nitrogen and oxygen atoms in total. The van der Waals surface area contributed by atoms with Crippen LogP contribution in [0.5, 0.6) is 0 Å². The van der Waals surface area contributed by atoms with E-state index in [1.807, 2.05) is 0 Å². The first-order valence-electron chi connectivity index (χ1n) is 8.70. The molecule has 1 N–H and O–H groups in total. The highest BCUT2D eigenvalue weighted by molar-refractivity contribution is 5.37. The van der Waals surface area contributed by atoms with Gasteiger partial charge in [0.15, 0.2) is 0 Å². The number of aryl methyl sites for hydroxylation is 2. The van der Waals surface area contributed by atoms with Gasteiger partial charge in [-0.15, -0.1) is 0 Å². The maximum absolute atomic E-state index is 3.63. The number of nitrogens with zero attached hydrogens (tertiary/aromatic N) is 1. The molecule has 1 aliphatic heterocycles. The number of rotatable bonds is 4. The average molecular weight is 286 g/mol. The molecule has 0 spiro atoms. The fraction of sp³-hybridized carbons (Fsp3) is 0.684. The highest BCUT2D eigenvalue weighted by Gasteiger charge is 2.31. The van der Waals surface area contributed by atoms with Crippen molar-refractivity contribution >= 4 is 0 Å². The summed E-state index contributed by atoms with van der Waals surface area (Å²) in [4.78, 5) is 2.77. The van der Waals surface area contributed by atoms with Gasteiger partial charge in [0, 0.05) is 18.6 Å². The smallest absolute Gasteiger partial charge is 0.0354 e. The zero-order chi connectivity index (χ0) is 14.8. The average Bonchev–Trinajstić information content (AvgIpc) is 2.88. The van der Waals surface area contributed by atoms with E-state index in [1.54, 1.807) is 11.1 Å². The second-order valence-electron chi connectivity index (χ2n) is 7.32. The van der Waals surface area contributed by atoms with Crippen LogP contribution in [0.25, 0.3) is 0 Å². The Morgan fingerprint density at radius 3 is 2.95 bits per heavy atom. The standard InChI is InChI=1S/C19H30N2/c1-14(2)20-12-16-5-4-10-21(13-16)19-9-8-17-7-6-15(3)11-18(17)19/h6-7,11,14,16,19-20H,4-5,8-10,12-13H2,1-3H3. The monoisotopic (exact) mass is 286 g/mol. The molecular formula is C19H30N2. The van der Waals surface area contributed by atoms with Crippen LogP contribution in [0.15, 0.2) is 18.2 Å². The Morgan fingerprint density at radius 2 is 2.14 bits per heavy atom. The van der Waals surface area contributed by atoms with Gasteiger partial charge in [0.2, 0.25) is 0 Å². The summed E-state index contributed by atoms with van der Waals surface area (Å²) in [6.07, 6.45) is 5.35. The molecule has 0 radical (unpaired) electrons. The van der Waals surface area contributed by atoms with Gasteiger partial charge < -0.3 is 5.32 Å². The molecule has 1 fully saturated rings. The number of hydrogen-bond acceptors (Lipinski definition) is 2. The Morgan fingerprint density at radius 1 is 1.29 bits per heavy atom. The van der Waals surface area contributed by atoms with Gasteiger partial charge in [0.05, 0.1) is 0 Å². The molecule has 0 amide bonds. The molecular weight excluding hydrogens is 256 g/mol. The first-order valence-corrected chi connectivity index (χ1v) is 8.70. The topological polar surface area (TPSA) is 15.3 Å². The van der Waals surface area contributed by atoms with Gasteiger partial charge in [-0.05, 0) is 62.7 Å². The van der Waals surface area contributed by atoms with Crippen LogP contribution in [0.3, 0.4) is 0 Å². The van der Waals surface area contributed by atoms with E-state index in [2.05, 4.69) is 49.2 Å². The lowest BCUT2D eigenvalue weighted by Gasteiger charge is -2.37.